The predicted octanol–water partition coefficient (Wildman–Crippen LogP) is 17.6. The molecule has 0 aliphatic carbocycles. The molecule has 0 aromatic carbocycles. The molecule has 0 aromatic heterocycles. The molecule has 1 amide bonds. The topological polar surface area (TPSA) is 149 Å². The number of rotatable bonds is 58. The van der Waals surface area contributed by atoms with E-state index in [1.807, 2.05) is 6.08 Å². The maximum Gasteiger partial charge on any atom is 0.220 e. The first-order valence-corrected chi connectivity index (χ1v) is 33.4. The van der Waals surface area contributed by atoms with Gasteiger partial charge in [0.2, 0.25) is 5.91 Å². The fourth-order valence-corrected chi connectivity index (χ4v) is 10.6. The summed E-state index contributed by atoms with van der Waals surface area (Å²) < 4.78 is 11.3. The van der Waals surface area contributed by atoms with Crippen molar-refractivity contribution in [2.45, 2.75) is 365 Å². The number of nitrogens with one attached hydrogen (secondary N) is 1. The molecule has 7 unspecified atom stereocenters. The zero-order valence-corrected chi connectivity index (χ0v) is 50.5. The van der Waals surface area contributed by atoms with E-state index in [1.54, 1.807) is 6.08 Å². The second kappa shape index (κ2) is 57.4. The maximum atomic E-state index is 13.1. The second-order valence-electron chi connectivity index (χ2n) is 23.2. The minimum absolute atomic E-state index is 0.186. The first-order valence-electron chi connectivity index (χ1n) is 33.4. The maximum absolute atomic E-state index is 13.1. The summed E-state index contributed by atoms with van der Waals surface area (Å²) in [5.74, 6) is -0.186. The Morgan fingerprint density at radius 1 is 0.429 bits per heavy atom. The van der Waals surface area contributed by atoms with Crippen molar-refractivity contribution >= 4 is 5.91 Å². The first kappa shape index (κ1) is 73.2. The van der Waals surface area contributed by atoms with E-state index < -0.39 is 49.5 Å². The third kappa shape index (κ3) is 46.5. The molecule has 9 heteroatoms. The zero-order chi connectivity index (χ0) is 55.8. The van der Waals surface area contributed by atoms with E-state index in [2.05, 4.69) is 55.6 Å². The van der Waals surface area contributed by atoms with E-state index in [0.717, 1.165) is 44.9 Å². The Balaban J connectivity index is 2.12. The Morgan fingerprint density at radius 3 is 1.09 bits per heavy atom. The quantitative estimate of drug-likeness (QED) is 0.0261. The lowest BCUT2D eigenvalue weighted by atomic mass is 9.99. The van der Waals surface area contributed by atoms with Gasteiger partial charge in [-0.05, 0) is 70.6 Å². The summed E-state index contributed by atoms with van der Waals surface area (Å²) in [7, 11) is 0. The molecule has 0 spiro atoms. The number of carbonyl (C=O) groups excluding carboxylic acids is 1. The van der Waals surface area contributed by atoms with Gasteiger partial charge in [-0.1, -0.05) is 294 Å². The fourth-order valence-electron chi connectivity index (χ4n) is 10.6. The summed E-state index contributed by atoms with van der Waals surface area (Å²) in [5, 5.41) is 54.6. The minimum Gasteiger partial charge on any atom is -0.394 e. The molecule has 1 rings (SSSR count). The van der Waals surface area contributed by atoms with E-state index in [0.29, 0.717) is 6.42 Å². The van der Waals surface area contributed by atoms with Crippen molar-refractivity contribution in [2.75, 3.05) is 13.2 Å². The highest BCUT2D eigenvalue weighted by molar-refractivity contribution is 5.76. The van der Waals surface area contributed by atoms with Crippen LogP contribution in [0, 0.1) is 0 Å². The molecule has 1 aliphatic rings. The van der Waals surface area contributed by atoms with Gasteiger partial charge in [-0.15, -0.1) is 0 Å². The summed E-state index contributed by atoms with van der Waals surface area (Å²) in [6, 6.07) is -0.829. The lowest BCUT2D eigenvalue weighted by Crippen LogP contribution is -2.60. The molecular formula is C68H127NO8. The van der Waals surface area contributed by atoms with Gasteiger partial charge < -0.3 is 40.3 Å². The van der Waals surface area contributed by atoms with Crippen molar-refractivity contribution in [3.63, 3.8) is 0 Å². The third-order valence-corrected chi connectivity index (χ3v) is 15.9. The monoisotopic (exact) mass is 1090 g/mol. The summed E-state index contributed by atoms with van der Waals surface area (Å²) in [5.41, 5.74) is 0. The van der Waals surface area contributed by atoms with Gasteiger partial charge in [-0.2, -0.15) is 0 Å². The molecule has 0 saturated carbocycles. The number of aliphatic hydroxyl groups is 5. The average molecular weight is 1090 g/mol. The van der Waals surface area contributed by atoms with Crippen LogP contribution < -0.4 is 5.32 Å². The van der Waals surface area contributed by atoms with Gasteiger partial charge in [-0.25, -0.2) is 0 Å². The minimum atomic E-state index is -1.58. The van der Waals surface area contributed by atoms with Gasteiger partial charge in [0.15, 0.2) is 6.29 Å². The zero-order valence-electron chi connectivity index (χ0n) is 50.5. The Hall–Kier alpha value is -1.85. The van der Waals surface area contributed by atoms with Crippen LogP contribution >= 0.6 is 0 Å². The van der Waals surface area contributed by atoms with Gasteiger partial charge in [-0.3, -0.25) is 4.79 Å². The van der Waals surface area contributed by atoms with Gasteiger partial charge in [0.1, 0.15) is 24.4 Å². The molecule has 77 heavy (non-hydrogen) atoms. The summed E-state index contributed by atoms with van der Waals surface area (Å²) >= 11 is 0. The van der Waals surface area contributed by atoms with Crippen molar-refractivity contribution < 1.29 is 39.8 Å². The highest BCUT2D eigenvalue weighted by atomic mass is 16.7. The Morgan fingerprint density at radius 2 is 0.740 bits per heavy atom. The average Bonchev–Trinajstić information content (AvgIpc) is 3.43. The molecule has 0 radical (unpaired) electrons. The molecule has 1 saturated heterocycles. The van der Waals surface area contributed by atoms with E-state index in [4.69, 9.17) is 9.47 Å². The first-order chi connectivity index (χ1) is 37.8. The standard InChI is InChI=1S/C68H127NO8/c1-3-5-7-9-11-13-15-17-19-21-23-24-25-26-27-28-29-30-31-32-33-34-35-36-37-38-40-42-44-46-48-50-52-54-56-58-64(72)69-61(60-76-68-67(75)66(74)65(73)63(59-70)77-68)62(71)57-55-53-51-49-47-45-43-41-39-22-20-18-16-14-12-10-8-6-4-2/h28-29,39,41,47,49,55,57,61-63,65-68,70-71,73-75H,3-27,30-38,40,42-46,48,50-54,56,58-60H2,1-2H3,(H,69,72)/b29-28-,41-39+,49-47+,57-55+. The van der Waals surface area contributed by atoms with Crippen LogP contribution in [-0.4, -0.2) is 87.5 Å². The van der Waals surface area contributed by atoms with Gasteiger partial charge in [0.25, 0.3) is 0 Å². The number of unbranched alkanes of at least 4 members (excludes halogenated alkanes) is 42. The normalized spacial score (nSPS) is 19.0. The van der Waals surface area contributed by atoms with Crippen molar-refractivity contribution in [3.8, 4) is 0 Å². The third-order valence-electron chi connectivity index (χ3n) is 15.9. The number of amides is 1. The van der Waals surface area contributed by atoms with Crippen LogP contribution in [0.4, 0.5) is 0 Å². The number of hydrogen-bond donors (Lipinski definition) is 6. The summed E-state index contributed by atoms with van der Waals surface area (Å²) in [6.07, 6.45) is 70.8. The Labute approximate surface area is 475 Å². The molecule has 0 aromatic rings. The number of hydrogen-bond acceptors (Lipinski definition) is 8. The van der Waals surface area contributed by atoms with Gasteiger partial charge >= 0.3 is 0 Å². The highest BCUT2D eigenvalue weighted by Crippen LogP contribution is 2.23. The Kier molecular flexibility index (Phi) is 54.5. The van der Waals surface area contributed by atoms with Crippen LogP contribution in [-0.2, 0) is 14.3 Å². The smallest absolute Gasteiger partial charge is 0.220 e. The van der Waals surface area contributed by atoms with Crippen molar-refractivity contribution in [3.05, 3.63) is 48.6 Å². The predicted molar refractivity (Wildman–Crippen MR) is 327 cm³/mol. The lowest BCUT2D eigenvalue weighted by Gasteiger charge is -2.40. The van der Waals surface area contributed by atoms with Crippen LogP contribution in [0.15, 0.2) is 48.6 Å². The van der Waals surface area contributed by atoms with Crippen LogP contribution in [0.25, 0.3) is 0 Å². The molecule has 1 aliphatic heterocycles. The summed E-state index contributed by atoms with van der Waals surface area (Å²) in [4.78, 5) is 13.1. The van der Waals surface area contributed by atoms with E-state index in [-0.39, 0.29) is 12.5 Å². The molecule has 9 nitrogen and oxygen atoms in total. The lowest BCUT2D eigenvalue weighted by molar-refractivity contribution is -0.302. The van der Waals surface area contributed by atoms with Crippen molar-refractivity contribution in [1.82, 2.24) is 5.32 Å². The summed E-state index contributed by atoms with van der Waals surface area (Å²) in [6.45, 7) is 3.79. The molecule has 1 fully saturated rings. The molecule has 0 bridgehead atoms. The van der Waals surface area contributed by atoms with Crippen molar-refractivity contribution in [1.29, 1.82) is 0 Å². The fraction of sp³-hybridized carbons (Fsp3) is 0.868. The van der Waals surface area contributed by atoms with E-state index in [1.165, 1.54) is 257 Å². The van der Waals surface area contributed by atoms with Crippen LogP contribution in [0.5, 0.6) is 0 Å². The highest BCUT2D eigenvalue weighted by Gasteiger charge is 2.44. The Bertz CT molecular complexity index is 1350. The van der Waals surface area contributed by atoms with Crippen LogP contribution in [0.3, 0.4) is 0 Å². The number of aliphatic hydroxyl groups excluding tert-OH is 5. The molecule has 452 valence electrons. The van der Waals surface area contributed by atoms with Crippen LogP contribution in [0.2, 0.25) is 0 Å². The van der Waals surface area contributed by atoms with Gasteiger partial charge in [0, 0.05) is 6.42 Å². The molecule has 7 atom stereocenters. The number of ether oxygens (including phenoxy) is 2. The van der Waals surface area contributed by atoms with Crippen LogP contribution in [0.1, 0.15) is 322 Å². The molecular weight excluding hydrogens is 959 g/mol. The SMILES string of the molecule is CCCCCCCCCCC/C=C/CC/C=C/CC/C=C/C(O)C(COC1OC(CO)C(O)C(O)C1O)NC(=O)CCCCCCCCCCCCCCCCCCC/C=C\CCCCCCCCCCCCCCCC. The second-order valence-corrected chi connectivity index (χ2v) is 23.2. The molecule has 6 N–H and O–H groups in total. The van der Waals surface area contributed by atoms with Gasteiger partial charge in [0.05, 0.1) is 25.4 Å². The molecule has 1 heterocycles. The number of carbonyl (C=O) groups is 1. The van der Waals surface area contributed by atoms with E-state index >= 15 is 0 Å². The van der Waals surface area contributed by atoms with E-state index in [9.17, 15) is 30.3 Å². The van der Waals surface area contributed by atoms with Crippen molar-refractivity contribution in [2.24, 2.45) is 0 Å². The number of allylic oxidation sites excluding steroid dienone is 7. The largest absolute Gasteiger partial charge is 0.394 e.